The predicted octanol–water partition coefficient (Wildman–Crippen LogP) is 2.65. The second-order valence-corrected chi connectivity index (χ2v) is 6.63. The number of H-pyrrole nitrogens is 1. The van der Waals surface area contributed by atoms with Gasteiger partial charge in [-0.2, -0.15) is 0 Å². The summed E-state index contributed by atoms with van der Waals surface area (Å²) < 4.78 is 0. The van der Waals surface area contributed by atoms with Gasteiger partial charge < -0.3 is 15.0 Å². The Bertz CT molecular complexity index is 1070. The highest BCUT2D eigenvalue weighted by atomic mass is 16.3. The van der Waals surface area contributed by atoms with Crippen molar-refractivity contribution in [1.82, 2.24) is 14.9 Å². The molecule has 1 aromatic heterocycles. The number of amides is 1. The molecule has 0 spiro atoms. The molecule has 0 aliphatic carbocycles. The number of nitrogens with zero attached hydrogens (tertiary/aromatic N) is 2. The van der Waals surface area contributed by atoms with E-state index in [1.54, 1.807) is 30.0 Å². The summed E-state index contributed by atoms with van der Waals surface area (Å²) in [5.41, 5.74) is 2.94. The van der Waals surface area contributed by atoms with Gasteiger partial charge in [0.2, 0.25) is 0 Å². The van der Waals surface area contributed by atoms with Crippen molar-refractivity contribution in [3.8, 4) is 17.1 Å². The van der Waals surface area contributed by atoms with Gasteiger partial charge in [-0.25, -0.2) is 4.98 Å². The van der Waals surface area contributed by atoms with Gasteiger partial charge in [-0.1, -0.05) is 36.4 Å². The Hall–Kier alpha value is -3.41. The smallest absolute Gasteiger partial charge is 0.254 e. The molecule has 2 N–H and O–H groups in total. The number of fused-ring (bicyclic) bond motifs is 1. The molecule has 1 amide bonds. The minimum absolute atomic E-state index is 0.0965. The van der Waals surface area contributed by atoms with Crippen LogP contribution in [0.4, 0.5) is 0 Å². The number of phenols is 1. The number of aromatic nitrogens is 2. The maximum atomic E-state index is 12.9. The number of hydrogen-bond acceptors (Lipinski definition) is 4. The molecule has 27 heavy (non-hydrogen) atoms. The SMILES string of the molecule is Cc1c(O)cccc1C(=O)N1CCc2c(nc(-c3ccccc3)[nH]c2=O)C1. The summed E-state index contributed by atoms with van der Waals surface area (Å²) >= 11 is 0. The molecular weight excluding hydrogens is 342 g/mol. The first-order chi connectivity index (χ1) is 13.0. The van der Waals surface area contributed by atoms with Crippen LogP contribution in [0.2, 0.25) is 0 Å². The van der Waals surface area contributed by atoms with E-state index in [4.69, 9.17) is 0 Å². The third-order valence-corrected chi connectivity index (χ3v) is 4.94. The zero-order valence-electron chi connectivity index (χ0n) is 14.9. The van der Waals surface area contributed by atoms with Gasteiger partial charge in [0.05, 0.1) is 12.2 Å². The number of phenolic OH excluding ortho intramolecular Hbond substituents is 1. The molecule has 0 saturated carbocycles. The maximum Gasteiger partial charge on any atom is 0.254 e. The van der Waals surface area contributed by atoms with Crippen molar-refractivity contribution >= 4 is 5.91 Å². The minimum Gasteiger partial charge on any atom is -0.508 e. The van der Waals surface area contributed by atoms with E-state index in [-0.39, 0.29) is 23.8 Å². The molecule has 0 radical (unpaired) electrons. The van der Waals surface area contributed by atoms with E-state index in [2.05, 4.69) is 9.97 Å². The summed E-state index contributed by atoms with van der Waals surface area (Å²) in [5, 5.41) is 9.88. The summed E-state index contributed by atoms with van der Waals surface area (Å²) in [4.78, 5) is 34.5. The zero-order valence-corrected chi connectivity index (χ0v) is 14.9. The molecule has 136 valence electrons. The standard InChI is InChI=1S/C21H19N3O3/c1-13-15(8-5-9-18(13)25)21(27)24-11-10-16-17(12-24)22-19(23-20(16)26)14-6-3-2-4-7-14/h2-9,25H,10-12H2,1H3,(H,22,23,26). The predicted molar refractivity (Wildman–Crippen MR) is 102 cm³/mol. The summed E-state index contributed by atoms with van der Waals surface area (Å²) in [7, 11) is 0. The number of nitrogens with one attached hydrogen (secondary N) is 1. The van der Waals surface area contributed by atoms with E-state index < -0.39 is 0 Å². The lowest BCUT2D eigenvalue weighted by molar-refractivity contribution is 0.0730. The Morgan fingerprint density at radius 1 is 1.15 bits per heavy atom. The van der Waals surface area contributed by atoms with Crippen molar-refractivity contribution in [3.63, 3.8) is 0 Å². The van der Waals surface area contributed by atoms with Crippen molar-refractivity contribution < 1.29 is 9.90 Å². The van der Waals surface area contributed by atoms with Crippen molar-refractivity contribution in [1.29, 1.82) is 0 Å². The Labute approximate surface area is 156 Å². The fourth-order valence-corrected chi connectivity index (χ4v) is 3.37. The fourth-order valence-electron chi connectivity index (χ4n) is 3.37. The highest BCUT2D eigenvalue weighted by molar-refractivity contribution is 5.96. The van der Waals surface area contributed by atoms with Crippen LogP contribution in [0, 0.1) is 6.92 Å². The van der Waals surface area contributed by atoms with E-state index in [0.29, 0.717) is 41.2 Å². The van der Waals surface area contributed by atoms with E-state index in [1.807, 2.05) is 30.3 Å². The van der Waals surface area contributed by atoms with Crippen LogP contribution in [0.1, 0.15) is 27.2 Å². The molecule has 1 aliphatic heterocycles. The first-order valence-corrected chi connectivity index (χ1v) is 8.80. The van der Waals surface area contributed by atoms with E-state index in [9.17, 15) is 14.7 Å². The van der Waals surface area contributed by atoms with Gasteiger partial charge in [0.25, 0.3) is 11.5 Å². The van der Waals surface area contributed by atoms with Gasteiger partial charge in [0.15, 0.2) is 0 Å². The molecule has 0 fully saturated rings. The van der Waals surface area contributed by atoms with Gasteiger partial charge in [0.1, 0.15) is 11.6 Å². The number of carbonyl (C=O) groups excluding carboxylic acids is 1. The van der Waals surface area contributed by atoms with Crippen LogP contribution in [0.5, 0.6) is 5.75 Å². The molecule has 0 saturated heterocycles. The highest BCUT2D eigenvalue weighted by Crippen LogP contribution is 2.24. The second-order valence-electron chi connectivity index (χ2n) is 6.63. The number of rotatable bonds is 2. The monoisotopic (exact) mass is 361 g/mol. The molecule has 0 bridgehead atoms. The number of aromatic amines is 1. The van der Waals surface area contributed by atoms with Gasteiger partial charge in [-0.05, 0) is 25.5 Å². The fraction of sp³-hybridized carbons (Fsp3) is 0.190. The number of aromatic hydroxyl groups is 1. The summed E-state index contributed by atoms with van der Waals surface area (Å²) in [6, 6.07) is 14.4. The Balaban J connectivity index is 1.68. The number of carbonyl (C=O) groups is 1. The van der Waals surface area contributed by atoms with Crippen LogP contribution in [-0.2, 0) is 13.0 Å². The van der Waals surface area contributed by atoms with Gasteiger partial charge in [-0.3, -0.25) is 9.59 Å². The Kier molecular flexibility index (Phi) is 4.24. The molecule has 1 aliphatic rings. The lowest BCUT2D eigenvalue weighted by atomic mass is 10.0. The summed E-state index contributed by atoms with van der Waals surface area (Å²) in [5.74, 6) is 0.429. The first kappa shape index (κ1) is 17.0. The van der Waals surface area contributed by atoms with Crippen LogP contribution in [0.25, 0.3) is 11.4 Å². The average Bonchev–Trinajstić information content (AvgIpc) is 2.70. The second kappa shape index (κ2) is 6.72. The van der Waals surface area contributed by atoms with Crippen LogP contribution in [0.15, 0.2) is 53.3 Å². The molecule has 2 aromatic carbocycles. The third-order valence-electron chi connectivity index (χ3n) is 4.94. The molecule has 3 aromatic rings. The Morgan fingerprint density at radius 2 is 1.93 bits per heavy atom. The maximum absolute atomic E-state index is 12.9. The van der Waals surface area contributed by atoms with E-state index >= 15 is 0 Å². The van der Waals surface area contributed by atoms with Crippen molar-refractivity contribution in [2.45, 2.75) is 19.9 Å². The number of benzene rings is 2. The topological polar surface area (TPSA) is 86.3 Å². The van der Waals surface area contributed by atoms with Gasteiger partial charge >= 0.3 is 0 Å². The van der Waals surface area contributed by atoms with Gasteiger partial charge in [-0.15, -0.1) is 0 Å². The van der Waals surface area contributed by atoms with Crippen molar-refractivity contribution in [2.24, 2.45) is 0 Å². The normalized spacial score (nSPS) is 13.3. The van der Waals surface area contributed by atoms with Crippen LogP contribution in [-0.4, -0.2) is 32.4 Å². The van der Waals surface area contributed by atoms with E-state index in [1.165, 1.54) is 0 Å². The molecule has 6 nitrogen and oxygen atoms in total. The lowest BCUT2D eigenvalue weighted by Gasteiger charge is -2.28. The Morgan fingerprint density at radius 3 is 2.70 bits per heavy atom. The van der Waals surface area contributed by atoms with Crippen molar-refractivity contribution in [3.05, 3.63) is 81.3 Å². The largest absolute Gasteiger partial charge is 0.508 e. The minimum atomic E-state index is -0.169. The quantitative estimate of drug-likeness (QED) is 0.735. The van der Waals surface area contributed by atoms with Crippen LogP contribution >= 0.6 is 0 Å². The zero-order chi connectivity index (χ0) is 19.0. The lowest BCUT2D eigenvalue weighted by Crippen LogP contribution is -2.39. The molecule has 0 unspecified atom stereocenters. The highest BCUT2D eigenvalue weighted by Gasteiger charge is 2.26. The number of hydrogen-bond donors (Lipinski definition) is 2. The van der Waals surface area contributed by atoms with E-state index in [0.717, 1.165) is 5.56 Å². The molecule has 6 heteroatoms. The van der Waals surface area contributed by atoms with Gasteiger partial charge in [0, 0.05) is 28.8 Å². The third kappa shape index (κ3) is 3.10. The molecule has 4 rings (SSSR count). The van der Waals surface area contributed by atoms with Crippen molar-refractivity contribution in [2.75, 3.05) is 6.54 Å². The van der Waals surface area contributed by atoms with Crippen LogP contribution < -0.4 is 5.56 Å². The first-order valence-electron chi connectivity index (χ1n) is 8.80. The summed E-state index contributed by atoms with van der Waals surface area (Å²) in [6.07, 6.45) is 0.455. The molecule has 2 heterocycles. The molecule has 0 atom stereocenters. The van der Waals surface area contributed by atoms with Crippen LogP contribution in [0.3, 0.4) is 0 Å². The molecular formula is C21H19N3O3. The average molecular weight is 361 g/mol. The summed E-state index contributed by atoms with van der Waals surface area (Å²) in [6.45, 7) is 2.43.